The molecule has 1 aromatic heterocycles. The third kappa shape index (κ3) is 4.46. The van der Waals surface area contributed by atoms with Crippen LogP contribution in [0.1, 0.15) is 33.3 Å². The second kappa shape index (κ2) is 6.05. The minimum absolute atomic E-state index is 0.135. The van der Waals surface area contributed by atoms with E-state index >= 15 is 0 Å². The first kappa shape index (κ1) is 15.8. The van der Waals surface area contributed by atoms with E-state index in [0.29, 0.717) is 6.54 Å². The van der Waals surface area contributed by atoms with E-state index in [-0.39, 0.29) is 18.2 Å². The number of ether oxygens (including phenoxy) is 1. The molecule has 0 radical (unpaired) electrons. The van der Waals surface area contributed by atoms with E-state index in [1.165, 1.54) is 0 Å². The van der Waals surface area contributed by atoms with Gasteiger partial charge in [-0.2, -0.15) is 5.10 Å². The number of amides is 1. The van der Waals surface area contributed by atoms with Crippen LogP contribution < -0.4 is 5.32 Å². The number of hydrogen-bond acceptors (Lipinski definition) is 4. The van der Waals surface area contributed by atoms with Crippen LogP contribution in [0.4, 0.5) is 4.79 Å². The van der Waals surface area contributed by atoms with Crippen molar-refractivity contribution in [3.63, 3.8) is 0 Å². The van der Waals surface area contributed by atoms with Crippen molar-refractivity contribution < 1.29 is 9.53 Å². The second-order valence-corrected chi connectivity index (χ2v) is 6.83. The second-order valence-electron chi connectivity index (χ2n) is 6.83. The van der Waals surface area contributed by atoms with Gasteiger partial charge in [-0.05, 0) is 40.2 Å². The van der Waals surface area contributed by atoms with Gasteiger partial charge in [0.1, 0.15) is 5.60 Å². The van der Waals surface area contributed by atoms with Gasteiger partial charge in [0.15, 0.2) is 0 Å². The molecule has 1 aliphatic heterocycles. The van der Waals surface area contributed by atoms with Crippen molar-refractivity contribution >= 4 is 6.09 Å². The first-order valence-electron chi connectivity index (χ1n) is 7.46. The molecule has 1 fully saturated rings. The molecule has 1 saturated heterocycles. The van der Waals surface area contributed by atoms with E-state index in [1.807, 2.05) is 56.6 Å². The molecule has 0 unspecified atom stereocenters. The Hall–Kier alpha value is -1.56. The van der Waals surface area contributed by atoms with Crippen molar-refractivity contribution in [2.75, 3.05) is 13.1 Å². The summed E-state index contributed by atoms with van der Waals surface area (Å²) in [5, 5.41) is 7.76. The molecule has 1 aromatic rings. The fourth-order valence-electron chi connectivity index (χ4n) is 2.42. The lowest BCUT2D eigenvalue weighted by atomic mass is 10.1. The summed E-state index contributed by atoms with van der Waals surface area (Å²) < 4.78 is 7.40. The maximum atomic E-state index is 12.3. The number of carbonyl (C=O) groups is 1. The van der Waals surface area contributed by atoms with Crippen LogP contribution in [0, 0.1) is 6.92 Å². The summed E-state index contributed by atoms with van der Waals surface area (Å²) in [6.45, 7) is 11.9. The molecule has 0 spiro atoms. The lowest BCUT2D eigenvalue weighted by Gasteiger charge is -2.39. The number of aryl methyl sites for hydroxylation is 1. The summed E-state index contributed by atoms with van der Waals surface area (Å²) in [5.74, 6) is 0. The number of carbonyl (C=O) groups excluding carboxylic acids is 1. The van der Waals surface area contributed by atoms with Gasteiger partial charge in [0.05, 0.1) is 12.7 Å². The van der Waals surface area contributed by atoms with Gasteiger partial charge in [0.2, 0.25) is 0 Å². The highest BCUT2D eigenvalue weighted by molar-refractivity contribution is 5.68. The van der Waals surface area contributed by atoms with Gasteiger partial charge in [-0.3, -0.25) is 4.68 Å². The van der Waals surface area contributed by atoms with Crippen LogP contribution in [0.3, 0.4) is 0 Å². The van der Waals surface area contributed by atoms with Gasteiger partial charge >= 0.3 is 6.09 Å². The maximum absolute atomic E-state index is 12.3. The lowest BCUT2D eigenvalue weighted by Crippen LogP contribution is -2.59. The van der Waals surface area contributed by atoms with Crippen LogP contribution in [-0.4, -0.2) is 51.5 Å². The van der Waals surface area contributed by atoms with Crippen molar-refractivity contribution in [2.45, 2.75) is 58.8 Å². The molecule has 6 nitrogen and oxygen atoms in total. The van der Waals surface area contributed by atoms with Crippen molar-refractivity contribution in [3.8, 4) is 0 Å². The molecule has 0 saturated carbocycles. The van der Waals surface area contributed by atoms with Crippen molar-refractivity contribution in [1.82, 2.24) is 20.0 Å². The summed E-state index contributed by atoms with van der Waals surface area (Å²) in [6, 6.07) is 0.323. The average Bonchev–Trinajstić information content (AvgIpc) is 2.75. The molecular formula is C15H26N4O2. The Morgan fingerprint density at radius 3 is 2.81 bits per heavy atom. The summed E-state index contributed by atoms with van der Waals surface area (Å²) in [6.07, 6.45) is 3.62. The van der Waals surface area contributed by atoms with Gasteiger partial charge in [0.25, 0.3) is 0 Å². The lowest BCUT2D eigenvalue weighted by molar-refractivity contribution is 0.00874. The van der Waals surface area contributed by atoms with E-state index in [9.17, 15) is 4.79 Å². The highest BCUT2D eigenvalue weighted by atomic mass is 16.6. The van der Waals surface area contributed by atoms with E-state index in [0.717, 1.165) is 18.7 Å². The number of rotatable bonds is 2. The number of hydrogen-bond donors (Lipinski definition) is 1. The largest absolute Gasteiger partial charge is 0.444 e. The van der Waals surface area contributed by atoms with Gasteiger partial charge in [-0.25, -0.2) is 4.79 Å². The molecule has 21 heavy (non-hydrogen) atoms. The van der Waals surface area contributed by atoms with E-state index in [4.69, 9.17) is 4.74 Å². The maximum Gasteiger partial charge on any atom is 0.410 e. The third-order valence-corrected chi connectivity index (χ3v) is 3.45. The molecule has 1 N–H and O–H groups in total. The molecule has 0 aromatic carbocycles. The molecule has 1 aliphatic rings. The van der Waals surface area contributed by atoms with Gasteiger partial charge in [-0.1, -0.05) is 0 Å². The first-order chi connectivity index (χ1) is 9.74. The monoisotopic (exact) mass is 294 g/mol. The van der Waals surface area contributed by atoms with Gasteiger partial charge < -0.3 is 15.0 Å². The Balaban J connectivity index is 1.97. The SMILES string of the molecule is Cc1cnn(C[C@H]2CN(C(=O)OC(C)(C)C)[C@H](C)CN2)c1. The van der Waals surface area contributed by atoms with Crippen molar-refractivity contribution in [1.29, 1.82) is 0 Å². The highest BCUT2D eigenvalue weighted by Gasteiger charge is 2.31. The van der Waals surface area contributed by atoms with Crippen LogP contribution in [-0.2, 0) is 11.3 Å². The van der Waals surface area contributed by atoms with E-state index in [2.05, 4.69) is 10.4 Å². The average molecular weight is 294 g/mol. The number of aromatic nitrogens is 2. The first-order valence-corrected chi connectivity index (χ1v) is 7.46. The molecule has 1 amide bonds. The minimum Gasteiger partial charge on any atom is -0.444 e. The minimum atomic E-state index is -0.462. The summed E-state index contributed by atoms with van der Waals surface area (Å²) in [7, 11) is 0. The standard InChI is InChI=1S/C15H26N4O2/c1-11-6-17-18(8-11)9-13-10-19(12(2)7-16-13)14(20)21-15(3,4)5/h6,8,12-13,16H,7,9-10H2,1-5H3/t12-,13+/m1/s1. The molecule has 118 valence electrons. The fraction of sp³-hybridized carbons (Fsp3) is 0.733. The van der Waals surface area contributed by atoms with Gasteiger partial charge in [0, 0.05) is 31.4 Å². The van der Waals surface area contributed by atoms with Gasteiger partial charge in [-0.15, -0.1) is 0 Å². The molecule has 2 rings (SSSR count). The molecule has 6 heteroatoms. The van der Waals surface area contributed by atoms with E-state index in [1.54, 1.807) is 0 Å². The Kier molecular flexibility index (Phi) is 4.56. The number of nitrogens with one attached hydrogen (secondary N) is 1. The number of nitrogens with zero attached hydrogens (tertiary/aromatic N) is 3. The van der Waals surface area contributed by atoms with Crippen LogP contribution >= 0.6 is 0 Å². The third-order valence-electron chi connectivity index (χ3n) is 3.45. The van der Waals surface area contributed by atoms with Crippen molar-refractivity contribution in [2.24, 2.45) is 0 Å². The summed E-state index contributed by atoms with van der Waals surface area (Å²) in [4.78, 5) is 14.1. The normalized spacial score (nSPS) is 23.2. The zero-order chi connectivity index (χ0) is 15.6. The predicted molar refractivity (Wildman–Crippen MR) is 81.2 cm³/mol. The smallest absolute Gasteiger partial charge is 0.410 e. The van der Waals surface area contributed by atoms with Crippen LogP contribution in [0.15, 0.2) is 12.4 Å². The molecule has 2 atom stereocenters. The van der Waals surface area contributed by atoms with Crippen LogP contribution in [0.2, 0.25) is 0 Å². The summed E-state index contributed by atoms with van der Waals surface area (Å²) in [5.41, 5.74) is 0.680. The Morgan fingerprint density at radius 1 is 1.52 bits per heavy atom. The Labute approximate surface area is 126 Å². The highest BCUT2D eigenvalue weighted by Crippen LogP contribution is 2.15. The molecule has 0 aliphatic carbocycles. The molecule has 2 heterocycles. The van der Waals surface area contributed by atoms with Crippen LogP contribution in [0.5, 0.6) is 0 Å². The topological polar surface area (TPSA) is 59.4 Å². The number of piperazine rings is 1. The zero-order valence-electron chi connectivity index (χ0n) is 13.6. The molecular weight excluding hydrogens is 268 g/mol. The Morgan fingerprint density at radius 2 is 2.24 bits per heavy atom. The predicted octanol–water partition coefficient (Wildman–Crippen LogP) is 1.79. The van der Waals surface area contributed by atoms with E-state index < -0.39 is 5.60 Å². The Bertz CT molecular complexity index is 492. The van der Waals surface area contributed by atoms with Crippen molar-refractivity contribution in [3.05, 3.63) is 18.0 Å². The quantitative estimate of drug-likeness (QED) is 0.903. The van der Waals surface area contributed by atoms with Crippen LogP contribution in [0.25, 0.3) is 0 Å². The summed E-state index contributed by atoms with van der Waals surface area (Å²) >= 11 is 0. The fourth-order valence-corrected chi connectivity index (χ4v) is 2.42. The molecule has 0 bridgehead atoms. The zero-order valence-corrected chi connectivity index (χ0v) is 13.6.